The van der Waals surface area contributed by atoms with Crippen LogP contribution in [0.1, 0.15) is 11.4 Å². The topological polar surface area (TPSA) is 30.7 Å². The predicted octanol–water partition coefficient (Wildman–Crippen LogP) is 3.34. The van der Waals surface area contributed by atoms with Crippen molar-refractivity contribution in [3.05, 3.63) is 34.6 Å². The van der Waals surface area contributed by atoms with E-state index in [9.17, 15) is 0 Å². The second-order valence-electron chi connectivity index (χ2n) is 3.57. The summed E-state index contributed by atoms with van der Waals surface area (Å²) in [6, 6.07) is 5.91. The van der Waals surface area contributed by atoms with Crippen molar-refractivity contribution in [1.29, 1.82) is 0 Å². The summed E-state index contributed by atoms with van der Waals surface area (Å²) in [4.78, 5) is 0. The van der Waals surface area contributed by atoms with Crippen molar-refractivity contribution in [2.45, 2.75) is 12.3 Å². The molecule has 0 unspecified atom stereocenters. The maximum atomic E-state index is 6.26. The summed E-state index contributed by atoms with van der Waals surface area (Å²) in [6.07, 6.45) is 0. The van der Waals surface area contributed by atoms with Gasteiger partial charge in [0.2, 0.25) is 0 Å². The minimum Gasteiger partial charge on any atom is -0.313 e. The molecule has 2 rings (SSSR count). The average Bonchev–Trinajstić information content (AvgIpc) is 2.64. The molecule has 0 amide bonds. The second-order valence-corrected chi connectivity index (χ2v) is 4.51. The van der Waals surface area contributed by atoms with Crippen molar-refractivity contribution in [1.82, 2.24) is 14.8 Å². The Morgan fingerprint density at radius 3 is 2.75 bits per heavy atom. The Labute approximate surface area is 108 Å². The van der Waals surface area contributed by atoms with E-state index >= 15 is 0 Å². The molecule has 16 heavy (non-hydrogen) atoms. The number of hydrogen-bond donors (Lipinski definition) is 0. The SMILES string of the molecule is Cc1cccc(-c2nnc(CBr)n2C)c1Cl. The van der Waals surface area contributed by atoms with Crippen LogP contribution in [0, 0.1) is 6.92 Å². The molecule has 3 nitrogen and oxygen atoms in total. The van der Waals surface area contributed by atoms with Crippen molar-refractivity contribution in [2.75, 3.05) is 0 Å². The zero-order chi connectivity index (χ0) is 11.7. The van der Waals surface area contributed by atoms with Gasteiger partial charge in [0, 0.05) is 12.6 Å². The first-order chi connectivity index (χ1) is 7.65. The van der Waals surface area contributed by atoms with Crippen LogP contribution in [0.25, 0.3) is 11.4 Å². The summed E-state index contributed by atoms with van der Waals surface area (Å²) in [5, 5.41) is 9.66. The number of rotatable bonds is 2. The lowest BCUT2D eigenvalue weighted by Crippen LogP contribution is -1.97. The van der Waals surface area contributed by atoms with Crippen LogP contribution in [0.5, 0.6) is 0 Å². The van der Waals surface area contributed by atoms with E-state index in [1.165, 1.54) is 0 Å². The molecule has 0 aliphatic rings. The van der Waals surface area contributed by atoms with Crippen LogP contribution in [0.15, 0.2) is 18.2 Å². The van der Waals surface area contributed by atoms with Gasteiger partial charge in [-0.05, 0) is 18.6 Å². The first kappa shape index (κ1) is 11.6. The Balaban J connectivity index is 2.59. The molecule has 5 heteroatoms. The van der Waals surface area contributed by atoms with Crippen molar-refractivity contribution in [3.8, 4) is 11.4 Å². The third-order valence-corrected chi connectivity index (χ3v) is 3.52. The fourth-order valence-corrected chi connectivity index (χ4v) is 2.23. The van der Waals surface area contributed by atoms with Crippen LogP contribution in [-0.4, -0.2) is 14.8 Å². The van der Waals surface area contributed by atoms with Gasteiger partial charge < -0.3 is 4.57 Å². The third-order valence-electron chi connectivity index (χ3n) is 2.52. The van der Waals surface area contributed by atoms with Gasteiger partial charge >= 0.3 is 0 Å². The van der Waals surface area contributed by atoms with Gasteiger partial charge in [-0.2, -0.15) is 0 Å². The Bertz CT molecular complexity index is 522. The van der Waals surface area contributed by atoms with Gasteiger partial charge in [0.1, 0.15) is 5.82 Å². The van der Waals surface area contributed by atoms with Crippen molar-refractivity contribution < 1.29 is 0 Å². The molecule has 0 radical (unpaired) electrons. The first-order valence-electron chi connectivity index (χ1n) is 4.85. The highest BCUT2D eigenvalue weighted by Gasteiger charge is 2.13. The third kappa shape index (κ3) is 1.87. The van der Waals surface area contributed by atoms with Crippen LogP contribution in [0.4, 0.5) is 0 Å². The van der Waals surface area contributed by atoms with Crippen LogP contribution < -0.4 is 0 Å². The highest BCUT2D eigenvalue weighted by Crippen LogP contribution is 2.29. The van der Waals surface area contributed by atoms with Gasteiger partial charge in [-0.25, -0.2) is 0 Å². The van der Waals surface area contributed by atoms with Gasteiger partial charge in [-0.15, -0.1) is 10.2 Å². The maximum Gasteiger partial charge on any atom is 0.165 e. The van der Waals surface area contributed by atoms with Crippen LogP contribution in [0.2, 0.25) is 5.02 Å². The lowest BCUT2D eigenvalue weighted by molar-refractivity contribution is 0.859. The minimum atomic E-state index is 0.680. The lowest BCUT2D eigenvalue weighted by Gasteiger charge is -2.06. The van der Waals surface area contributed by atoms with E-state index in [2.05, 4.69) is 26.1 Å². The van der Waals surface area contributed by atoms with Crippen molar-refractivity contribution in [2.24, 2.45) is 7.05 Å². The molecule has 0 aliphatic carbocycles. The van der Waals surface area contributed by atoms with E-state index in [1.54, 1.807) is 0 Å². The fraction of sp³-hybridized carbons (Fsp3) is 0.273. The normalized spacial score (nSPS) is 10.8. The highest BCUT2D eigenvalue weighted by atomic mass is 79.9. The lowest BCUT2D eigenvalue weighted by atomic mass is 10.1. The summed E-state index contributed by atoms with van der Waals surface area (Å²) in [5.74, 6) is 1.68. The summed E-state index contributed by atoms with van der Waals surface area (Å²) < 4.78 is 1.94. The average molecular weight is 301 g/mol. The monoisotopic (exact) mass is 299 g/mol. The van der Waals surface area contributed by atoms with Crippen molar-refractivity contribution >= 4 is 27.5 Å². The molecule has 2 aromatic rings. The first-order valence-corrected chi connectivity index (χ1v) is 6.34. The van der Waals surface area contributed by atoms with E-state index in [0.717, 1.165) is 27.8 Å². The molecule has 0 spiro atoms. The van der Waals surface area contributed by atoms with E-state index in [0.29, 0.717) is 5.33 Å². The summed E-state index contributed by atoms with van der Waals surface area (Å²) in [6.45, 7) is 1.98. The quantitative estimate of drug-likeness (QED) is 0.796. The van der Waals surface area contributed by atoms with Gasteiger partial charge in [0.25, 0.3) is 0 Å². The zero-order valence-corrected chi connectivity index (χ0v) is 11.4. The van der Waals surface area contributed by atoms with Crippen molar-refractivity contribution in [3.63, 3.8) is 0 Å². The Hall–Kier alpha value is -0.870. The molecule has 0 atom stereocenters. The largest absolute Gasteiger partial charge is 0.313 e. The fourth-order valence-electron chi connectivity index (χ4n) is 1.53. The number of halogens is 2. The Morgan fingerprint density at radius 2 is 2.12 bits per heavy atom. The number of benzene rings is 1. The van der Waals surface area contributed by atoms with E-state index < -0.39 is 0 Å². The van der Waals surface area contributed by atoms with Crippen LogP contribution in [0.3, 0.4) is 0 Å². The molecule has 0 bridgehead atoms. The number of nitrogens with zero attached hydrogens (tertiary/aromatic N) is 3. The minimum absolute atomic E-state index is 0.680. The molecule has 1 aromatic carbocycles. The van der Waals surface area contributed by atoms with E-state index in [-0.39, 0.29) is 0 Å². The second kappa shape index (κ2) is 4.55. The number of hydrogen-bond acceptors (Lipinski definition) is 2. The highest BCUT2D eigenvalue weighted by molar-refractivity contribution is 9.08. The summed E-state index contributed by atoms with van der Waals surface area (Å²) in [5.41, 5.74) is 1.96. The molecule has 0 aliphatic heterocycles. The van der Waals surface area contributed by atoms with Crippen LogP contribution in [-0.2, 0) is 12.4 Å². The number of alkyl halides is 1. The van der Waals surface area contributed by atoms with Gasteiger partial charge in [-0.1, -0.05) is 39.7 Å². The molecule has 0 saturated carbocycles. The summed E-state index contributed by atoms with van der Waals surface area (Å²) >= 11 is 9.63. The number of aryl methyl sites for hydroxylation is 1. The standard InChI is InChI=1S/C11H11BrClN3/c1-7-4-3-5-8(10(7)13)11-15-14-9(6-12)16(11)2/h3-5H,6H2,1-2H3. The molecule has 1 aromatic heterocycles. The molecule has 0 fully saturated rings. The van der Waals surface area contributed by atoms with Gasteiger partial charge in [0.15, 0.2) is 5.82 Å². The molecular formula is C11H11BrClN3. The predicted molar refractivity (Wildman–Crippen MR) is 68.8 cm³/mol. The Morgan fingerprint density at radius 1 is 1.38 bits per heavy atom. The van der Waals surface area contributed by atoms with E-state index in [1.807, 2.05) is 36.7 Å². The molecule has 84 valence electrons. The smallest absolute Gasteiger partial charge is 0.165 e. The molecule has 1 heterocycles. The molecule has 0 N–H and O–H groups in total. The molecule has 0 saturated heterocycles. The Kier molecular flexibility index (Phi) is 3.30. The summed E-state index contributed by atoms with van der Waals surface area (Å²) in [7, 11) is 1.94. The van der Waals surface area contributed by atoms with Gasteiger partial charge in [0.05, 0.1) is 10.4 Å². The van der Waals surface area contributed by atoms with Crippen LogP contribution >= 0.6 is 27.5 Å². The number of aromatic nitrogens is 3. The molecular weight excluding hydrogens is 289 g/mol. The van der Waals surface area contributed by atoms with Gasteiger partial charge in [-0.3, -0.25) is 0 Å². The maximum absolute atomic E-state index is 6.26. The van der Waals surface area contributed by atoms with E-state index in [4.69, 9.17) is 11.6 Å². The zero-order valence-electron chi connectivity index (χ0n) is 9.04.